The quantitative estimate of drug-likeness (QED) is 0.0790. The molecular weight excluding hydrogens is 453 g/mol. The summed E-state index contributed by atoms with van der Waals surface area (Å²) in [5, 5.41) is 0. The van der Waals surface area contributed by atoms with E-state index in [1.54, 1.807) is 0 Å². The van der Waals surface area contributed by atoms with E-state index < -0.39 is 7.82 Å². The highest BCUT2D eigenvalue weighted by molar-refractivity contribution is 7.47. The average molecular weight is 511 g/mol. The third kappa shape index (κ3) is 25.1. The number of rotatable bonds is 26. The number of nitrogens with zero attached hydrogens (tertiary/aromatic N) is 1. The molecule has 0 aromatic rings. The normalized spacial score (nSPS) is 14.9. The molecule has 0 amide bonds. The number of phosphoric ester groups is 1. The van der Waals surface area contributed by atoms with Crippen molar-refractivity contribution in [2.24, 2.45) is 0 Å². The average Bonchev–Trinajstić information content (AvgIpc) is 2.76. The van der Waals surface area contributed by atoms with Crippen LogP contribution in [0, 0.1) is 0 Å². The minimum absolute atomic E-state index is 0.0231. The van der Waals surface area contributed by atoms with E-state index in [9.17, 15) is 9.46 Å². The van der Waals surface area contributed by atoms with E-state index in [4.69, 9.17) is 18.5 Å². The van der Waals surface area contributed by atoms with E-state index in [0.29, 0.717) is 30.8 Å². The molecule has 2 atom stereocenters. The Hall–Kier alpha value is -0.0100. The molecular formula is C26H57NO6P+. The Bertz CT molecular complexity index is 486. The molecule has 8 heteroatoms. The van der Waals surface area contributed by atoms with E-state index in [0.717, 1.165) is 6.42 Å². The Labute approximate surface area is 211 Å². The molecule has 7 nitrogen and oxygen atoms in total. The molecule has 0 heterocycles. The lowest BCUT2D eigenvalue weighted by Crippen LogP contribution is -2.37. The third-order valence-electron chi connectivity index (χ3n) is 5.79. The first-order valence-corrected chi connectivity index (χ1v) is 15.3. The second-order valence-corrected chi connectivity index (χ2v) is 11.8. The van der Waals surface area contributed by atoms with E-state index in [1.165, 1.54) is 83.5 Å². The van der Waals surface area contributed by atoms with Gasteiger partial charge in [0.15, 0.2) is 0 Å². The molecule has 0 aromatic heterocycles. The molecule has 0 saturated heterocycles. The molecule has 0 rings (SSSR count). The summed E-state index contributed by atoms with van der Waals surface area (Å²) in [4.78, 5) is 9.85. The molecule has 0 aliphatic carbocycles. The van der Waals surface area contributed by atoms with Crippen LogP contribution in [0.3, 0.4) is 0 Å². The van der Waals surface area contributed by atoms with Gasteiger partial charge < -0.3 is 18.9 Å². The van der Waals surface area contributed by atoms with Gasteiger partial charge in [0.05, 0.1) is 34.4 Å². The maximum atomic E-state index is 12.0. The highest BCUT2D eigenvalue weighted by atomic mass is 31.2. The standard InChI is InChI=1S/C26H56NO6P/c1-6-8-9-10-11-12-13-14-15-16-17-18-19-20-22-30-24-26(31-7-2)25-33-34(28,29)32-23-21-27(3,4)5/h26H,6-25H2,1-5H3/p+1. The predicted molar refractivity (Wildman–Crippen MR) is 141 cm³/mol. The predicted octanol–water partition coefficient (Wildman–Crippen LogP) is 6.73. The van der Waals surface area contributed by atoms with Crippen molar-refractivity contribution in [1.82, 2.24) is 0 Å². The Morgan fingerprint density at radius 2 is 1.21 bits per heavy atom. The summed E-state index contributed by atoms with van der Waals surface area (Å²) in [5.41, 5.74) is 0. The van der Waals surface area contributed by atoms with Crippen LogP contribution in [0.4, 0.5) is 0 Å². The van der Waals surface area contributed by atoms with Gasteiger partial charge in [-0.05, 0) is 13.3 Å². The van der Waals surface area contributed by atoms with Gasteiger partial charge in [-0.15, -0.1) is 0 Å². The van der Waals surface area contributed by atoms with Gasteiger partial charge in [-0.3, -0.25) is 9.05 Å². The highest BCUT2D eigenvalue weighted by Gasteiger charge is 2.24. The zero-order chi connectivity index (χ0) is 25.5. The number of quaternary nitrogens is 1. The van der Waals surface area contributed by atoms with Crippen molar-refractivity contribution in [3.05, 3.63) is 0 Å². The Morgan fingerprint density at radius 1 is 0.706 bits per heavy atom. The largest absolute Gasteiger partial charge is 0.472 e. The van der Waals surface area contributed by atoms with Crippen LogP contribution in [0.5, 0.6) is 0 Å². The summed E-state index contributed by atoms with van der Waals surface area (Å²) in [6, 6.07) is 0. The summed E-state index contributed by atoms with van der Waals surface area (Å²) in [5.74, 6) is 0. The van der Waals surface area contributed by atoms with Gasteiger partial charge in [0, 0.05) is 13.2 Å². The van der Waals surface area contributed by atoms with Gasteiger partial charge in [0.1, 0.15) is 19.3 Å². The topological polar surface area (TPSA) is 74.2 Å². The maximum Gasteiger partial charge on any atom is 0.472 e. The molecule has 1 N–H and O–H groups in total. The number of phosphoric acid groups is 1. The first kappa shape index (κ1) is 34.0. The van der Waals surface area contributed by atoms with Gasteiger partial charge in [0.25, 0.3) is 0 Å². The van der Waals surface area contributed by atoms with Crippen molar-refractivity contribution >= 4 is 7.82 Å². The van der Waals surface area contributed by atoms with Crippen LogP contribution < -0.4 is 0 Å². The fraction of sp³-hybridized carbons (Fsp3) is 1.00. The van der Waals surface area contributed by atoms with Gasteiger partial charge in [-0.2, -0.15) is 0 Å². The second kappa shape index (κ2) is 22.2. The van der Waals surface area contributed by atoms with Crippen LogP contribution >= 0.6 is 7.82 Å². The lowest BCUT2D eigenvalue weighted by Gasteiger charge is -2.24. The molecule has 0 aliphatic heterocycles. The number of likely N-dealkylation sites (N-methyl/N-ethyl adjacent to an activating group) is 1. The lowest BCUT2D eigenvalue weighted by atomic mass is 10.0. The second-order valence-electron chi connectivity index (χ2n) is 10.4. The number of hydrogen-bond acceptors (Lipinski definition) is 5. The van der Waals surface area contributed by atoms with Crippen LogP contribution in [0.2, 0.25) is 0 Å². The lowest BCUT2D eigenvalue weighted by molar-refractivity contribution is -0.870. The molecule has 0 radical (unpaired) electrons. The minimum Gasteiger partial charge on any atom is -0.379 e. The van der Waals surface area contributed by atoms with Crippen LogP contribution in [0.25, 0.3) is 0 Å². The van der Waals surface area contributed by atoms with Crippen molar-refractivity contribution in [3.63, 3.8) is 0 Å². The van der Waals surface area contributed by atoms with Gasteiger partial charge in [-0.1, -0.05) is 90.4 Å². The molecule has 0 fully saturated rings. The maximum absolute atomic E-state index is 12.0. The molecule has 0 spiro atoms. The van der Waals surface area contributed by atoms with Crippen molar-refractivity contribution in [1.29, 1.82) is 0 Å². The summed E-state index contributed by atoms with van der Waals surface area (Å²) in [6.07, 6.45) is 18.3. The minimum atomic E-state index is -4.08. The van der Waals surface area contributed by atoms with Crippen LogP contribution in [0.15, 0.2) is 0 Å². The highest BCUT2D eigenvalue weighted by Crippen LogP contribution is 2.43. The molecule has 34 heavy (non-hydrogen) atoms. The molecule has 0 aliphatic rings. The summed E-state index contributed by atoms with van der Waals surface area (Å²) >= 11 is 0. The van der Waals surface area contributed by atoms with Crippen molar-refractivity contribution in [2.45, 2.75) is 110 Å². The Kier molecular flexibility index (Phi) is 22.2. The summed E-state index contributed by atoms with van der Waals surface area (Å²) in [7, 11) is 1.90. The summed E-state index contributed by atoms with van der Waals surface area (Å²) in [6.45, 7) is 6.43. The fourth-order valence-electron chi connectivity index (χ4n) is 3.64. The van der Waals surface area contributed by atoms with E-state index in [1.807, 2.05) is 28.1 Å². The number of ether oxygens (including phenoxy) is 2. The van der Waals surface area contributed by atoms with Crippen molar-refractivity contribution in [3.8, 4) is 0 Å². The molecule has 0 saturated carbocycles. The first-order valence-electron chi connectivity index (χ1n) is 13.8. The van der Waals surface area contributed by atoms with Crippen molar-refractivity contribution < 1.29 is 32.5 Å². The fourth-order valence-corrected chi connectivity index (χ4v) is 4.38. The molecule has 0 aromatic carbocycles. The SMILES string of the molecule is CCCCCCCCCCCCCCCCOCC(COP(=O)(O)OCC[N+](C)(C)C)OCC. The van der Waals surface area contributed by atoms with E-state index in [-0.39, 0.29) is 19.3 Å². The smallest absolute Gasteiger partial charge is 0.379 e. The van der Waals surface area contributed by atoms with Gasteiger partial charge in [-0.25, -0.2) is 4.57 Å². The van der Waals surface area contributed by atoms with Crippen LogP contribution in [-0.2, 0) is 23.1 Å². The van der Waals surface area contributed by atoms with Crippen LogP contribution in [0.1, 0.15) is 104 Å². The third-order valence-corrected chi connectivity index (χ3v) is 6.77. The Balaban J connectivity index is 3.65. The first-order chi connectivity index (χ1) is 16.2. The van der Waals surface area contributed by atoms with Crippen LogP contribution in [-0.4, -0.2) is 76.2 Å². The molecule has 0 bridgehead atoms. The van der Waals surface area contributed by atoms with Crippen molar-refractivity contribution in [2.75, 3.05) is 60.7 Å². The Morgan fingerprint density at radius 3 is 1.68 bits per heavy atom. The summed E-state index contributed by atoms with van der Waals surface area (Å²) < 4.78 is 34.2. The van der Waals surface area contributed by atoms with Gasteiger partial charge >= 0.3 is 7.82 Å². The number of hydrogen-bond donors (Lipinski definition) is 1. The van der Waals surface area contributed by atoms with Gasteiger partial charge in [0.2, 0.25) is 0 Å². The zero-order valence-electron chi connectivity index (χ0n) is 23.1. The molecule has 2 unspecified atom stereocenters. The monoisotopic (exact) mass is 510 g/mol. The zero-order valence-corrected chi connectivity index (χ0v) is 24.0. The van der Waals surface area contributed by atoms with E-state index >= 15 is 0 Å². The molecule has 206 valence electrons. The van der Waals surface area contributed by atoms with E-state index in [2.05, 4.69) is 6.92 Å². The number of unbranched alkanes of at least 4 members (excludes halogenated alkanes) is 13.